The van der Waals surface area contributed by atoms with Crippen LogP contribution in [0.4, 0.5) is 0 Å². The number of rotatable bonds is 2. The Morgan fingerprint density at radius 1 is 1.06 bits per heavy atom. The van der Waals surface area contributed by atoms with Gasteiger partial charge in [0.15, 0.2) is 0 Å². The SMILES string of the molecule is CC(C)c1ccc(-c2ccc(Cl)cc2Cl)s1. The predicted molar refractivity (Wildman–Crippen MR) is 73.9 cm³/mol. The summed E-state index contributed by atoms with van der Waals surface area (Å²) in [6, 6.07) is 9.91. The van der Waals surface area contributed by atoms with E-state index in [0.29, 0.717) is 16.0 Å². The Hall–Kier alpha value is -0.500. The number of hydrogen-bond acceptors (Lipinski definition) is 1. The minimum absolute atomic E-state index is 0.560. The number of hydrogen-bond donors (Lipinski definition) is 0. The third-order valence-corrected chi connectivity index (χ3v) is 4.36. The molecule has 3 heteroatoms. The lowest BCUT2D eigenvalue weighted by molar-refractivity contribution is 0.890. The van der Waals surface area contributed by atoms with Crippen molar-refractivity contribution < 1.29 is 0 Å². The van der Waals surface area contributed by atoms with E-state index in [0.717, 1.165) is 5.56 Å². The van der Waals surface area contributed by atoms with E-state index in [4.69, 9.17) is 23.2 Å². The van der Waals surface area contributed by atoms with Crippen LogP contribution in [-0.2, 0) is 0 Å². The minimum atomic E-state index is 0.560. The Labute approximate surface area is 110 Å². The highest BCUT2D eigenvalue weighted by molar-refractivity contribution is 7.15. The van der Waals surface area contributed by atoms with Crippen LogP contribution in [0.25, 0.3) is 10.4 Å². The summed E-state index contributed by atoms with van der Waals surface area (Å²) in [5.74, 6) is 0.560. The molecule has 0 saturated carbocycles. The van der Waals surface area contributed by atoms with Crippen LogP contribution >= 0.6 is 34.5 Å². The number of halogens is 2. The van der Waals surface area contributed by atoms with Crippen LogP contribution in [0.2, 0.25) is 10.0 Å². The van der Waals surface area contributed by atoms with Crippen molar-refractivity contribution in [2.45, 2.75) is 19.8 Å². The van der Waals surface area contributed by atoms with Gasteiger partial charge in [-0.1, -0.05) is 43.1 Å². The van der Waals surface area contributed by atoms with Gasteiger partial charge in [0.05, 0.1) is 5.02 Å². The molecule has 1 aromatic heterocycles. The second kappa shape index (κ2) is 4.79. The molecular weight excluding hydrogens is 259 g/mol. The zero-order valence-corrected chi connectivity index (χ0v) is 11.5. The first-order valence-corrected chi connectivity index (χ1v) is 6.70. The first kappa shape index (κ1) is 12.0. The Morgan fingerprint density at radius 2 is 1.81 bits per heavy atom. The summed E-state index contributed by atoms with van der Waals surface area (Å²) in [6.07, 6.45) is 0. The lowest BCUT2D eigenvalue weighted by Crippen LogP contribution is -1.78. The van der Waals surface area contributed by atoms with Crippen LogP contribution in [0.1, 0.15) is 24.6 Å². The molecule has 84 valence electrons. The smallest absolute Gasteiger partial charge is 0.0507 e. The Kier molecular flexibility index (Phi) is 3.58. The van der Waals surface area contributed by atoms with Gasteiger partial charge in [-0.15, -0.1) is 11.3 Å². The average Bonchev–Trinajstić information content (AvgIpc) is 2.66. The van der Waals surface area contributed by atoms with Crippen LogP contribution in [0.5, 0.6) is 0 Å². The molecule has 2 rings (SSSR count). The van der Waals surface area contributed by atoms with Gasteiger partial charge in [0, 0.05) is 20.3 Å². The predicted octanol–water partition coefficient (Wildman–Crippen LogP) is 5.85. The van der Waals surface area contributed by atoms with E-state index in [1.54, 1.807) is 17.4 Å². The van der Waals surface area contributed by atoms with Gasteiger partial charge in [-0.25, -0.2) is 0 Å². The summed E-state index contributed by atoms with van der Waals surface area (Å²) < 4.78 is 0. The van der Waals surface area contributed by atoms with E-state index < -0.39 is 0 Å². The fourth-order valence-electron chi connectivity index (χ4n) is 1.50. The van der Waals surface area contributed by atoms with Gasteiger partial charge in [-0.05, 0) is 30.2 Å². The molecular formula is C13H12Cl2S. The molecule has 0 aliphatic rings. The van der Waals surface area contributed by atoms with Crippen LogP contribution < -0.4 is 0 Å². The molecule has 0 N–H and O–H groups in total. The summed E-state index contributed by atoms with van der Waals surface area (Å²) in [4.78, 5) is 2.58. The summed E-state index contributed by atoms with van der Waals surface area (Å²) in [5, 5.41) is 1.39. The van der Waals surface area contributed by atoms with Gasteiger partial charge in [-0.2, -0.15) is 0 Å². The summed E-state index contributed by atoms with van der Waals surface area (Å²) in [7, 11) is 0. The van der Waals surface area contributed by atoms with Gasteiger partial charge < -0.3 is 0 Å². The van der Waals surface area contributed by atoms with Crippen molar-refractivity contribution >= 4 is 34.5 Å². The topological polar surface area (TPSA) is 0 Å². The van der Waals surface area contributed by atoms with Crippen LogP contribution in [0.15, 0.2) is 30.3 Å². The number of thiophene rings is 1. The molecule has 0 atom stereocenters. The third kappa shape index (κ3) is 2.42. The normalized spacial score (nSPS) is 11.1. The molecule has 0 nitrogen and oxygen atoms in total. The van der Waals surface area contributed by atoms with E-state index in [2.05, 4.69) is 26.0 Å². The monoisotopic (exact) mass is 270 g/mol. The zero-order chi connectivity index (χ0) is 11.7. The van der Waals surface area contributed by atoms with Crippen molar-refractivity contribution in [3.05, 3.63) is 45.3 Å². The molecule has 0 spiro atoms. The van der Waals surface area contributed by atoms with E-state index in [1.165, 1.54) is 9.75 Å². The standard InChI is InChI=1S/C13H12Cl2S/c1-8(2)12-5-6-13(16-12)10-4-3-9(14)7-11(10)15/h3-8H,1-2H3. The molecule has 0 amide bonds. The minimum Gasteiger partial charge on any atom is -0.140 e. The molecule has 1 aromatic carbocycles. The van der Waals surface area contributed by atoms with Crippen molar-refractivity contribution in [3.63, 3.8) is 0 Å². The summed E-state index contributed by atoms with van der Waals surface area (Å²) in [6.45, 7) is 4.39. The summed E-state index contributed by atoms with van der Waals surface area (Å²) in [5.41, 5.74) is 1.06. The van der Waals surface area contributed by atoms with E-state index in [9.17, 15) is 0 Å². The molecule has 0 saturated heterocycles. The van der Waals surface area contributed by atoms with Crippen LogP contribution in [0, 0.1) is 0 Å². The van der Waals surface area contributed by atoms with Crippen molar-refractivity contribution in [1.29, 1.82) is 0 Å². The Balaban J connectivity index is 2.42. The first-order valence-electron chi connectivity index (χ1n) is 5.13. The molecule has 0 bridgehead atoms. The van der Waals surface area contributed by atoms with Crippen molar-refractivity contribution in [2.24, 2.45) is 0 Å². The van der Waals surface area contributed by atoms with Crippen molar-refractivity contribution in [2.75, 3.05) is 0 Å². The van der Waals surface area contributed by atoms with E-state index >= 15 is 0 Å². The largest absolute Gasteiger partial charge is 0.140 e. The second-order valence-electron chi connectivity index (χ2n) is 3.98. The van der Waals surface area contributed by atoms with E-state index in [-0.39, 0.29) is 0 Å². The zero-order valence-electron chi connectivity index (χ0n) is 9.13. The maximum atomic E-state index is 6.18. The molecule has 1 heterocycles. The molecule has 2 aromatic rings. The molecule has 0 aliphatic carbocycles. The second-order valence-corrected chi connectivity index (χ2v) is 5.94. The molecule has 0 aliphatic heterocycles. The maximum Gasteiger partial charge on any atom is 0.0507 e. The fraction of sp³-hybridized carbons (Fsp3) is 0.231. The highest BCUT2D eigenvalue weighted by Gasteiger charge is 2.08. The number of benzene rings is 1. The van der Waals surface area contributed by atoms with E-state index in [1.807, 2.05) is 12.1 Å². The van der Waals surface area contributed by atoms with Crippen LogP contribution in [-0.4, -0.2) is 0 Å². The quantitative estimate of drug-likeness (QED) is 0.643. The highest BCUT2D eigenvalue weighted by Crippen LogP contribution is 2.36. The third-order valence-electron chi connectivity index (χ3n) is 2.39. The molecule has 0 radical (unpaired) electrons. The molecule has 0 fully saturated rings. The highest BCUT2D eigenvalue weighted by atomic mass is 35.5. The van der Waals surface area contributed by atoms with Gasteiger partial charge in [0.2, 0.25) is 0 Å². The molecule has 0 unspecified atom stereocenters. The lowest BCUT2D eigenvalue weighted by atomic mass is 10.1. The Bertz CT molecular complexity index is 500. The Morgan fingerprint density at radius 3 is 2.38 bits per heavy atom. The first-order chi connectivity index (χ1) is 7.58. The van der Waals surface area contributed by atoms with Crippen LogP contribution in [0.3, 0.4) is 0 Å². The van der Waals surface area contributed by atoms with Gasteiger partial charge >= 0.3 is 0 Å². The lowest BCUT2D eigenvalue weighted by Gasteiger charge is -2.02. The van der Waals surface area contributed by atoms with Gasteiger partial charge in [-0.3, -0.25) is 0 Å². The van der Waals surface area contributed by atoms with Crippen molar-refractivity contribution in [1.82, 2.24) is 0 Å². The molecule has 16 heavy (non-hydrogen) atoms. The van der Waals surface area contributed by atoms with Gasteiger partial charge in [0.25, 0.3) is 0 Å². The van der Waals surface area contributed by atoms with Crippen molar-refractivity contribution in [3.8, 4) is 10.4 Å². The van der Waals surface area contributed by atoms with Gasteiger partial charge in [0.1, 0.15) is 0 Å². The maximum absolute atomic E-state index is 6.18. The fourth-order valence-corrected chi connectivity index (χ4v) is 3.11. The summed E-state index contributed by atoms with van der Waals surface area (Å²) >= 11 is 13.8. The average molecular weight is 271 g/mol.